The zero-order valence-corrected chi connectivity index (χ0v) is 19.9. The second kappa shape index (κ2) is 10.5. The molecule has 0 saturated heterocycles. The van der Waals surface area contributed by atoms with E-state index < -0.39 is 10.0 Å². The van der Waals surface area contributed by atoms with E-state index in [1.807, 2.05) is 13.8 Å². The molecule has 0 spiro atoms. The van der Waals surface area contributed by atoms with E-state index in [1.165, 1.54) is 12.1 Å². The van der Waals surface area contributed by atoms with Gasteiger partial charge in [-0.1, -0.05) is 17.7 Å². The molecule has 0 saturated carbocycles. The summed E-state index contributed by atoms with van der Waals surface area (Å²) in [6.07, 6.45) is 1.08. The summed E-state index contributed by atoms with van der Waals surface area (Å²) in [5, 5.41) is 16.5. The number of sulfonamides is 1. The molecule has 172 valence electrons. The highest BCUT2D eigenvalue weighted by molar-refractivity contribution is 7.92. The molecular weight excluding hydrogens is 462 g/mol. The van der Waals surface area contributed by atoms with E-state index in [0.717, 1.165) is 17.0 Å². The van der Waals surface area contributed by atoms with Crippen molar-refractivity contribution in [2.75, 3.05) is 10.0 Å². The molecule has 0 aliphatic heterocycles. The molecule has 0 atom stereocenters. The summed E-state index contributed by atoms with van der Waals surface area (Å²) in [6, 6.07) is 14.5. The van der Waals surface area contributed by atoms with Crippen LogP contribution in [0.4, 0.5) is 11.4 Å². The molecule has 1 aromatic heterocycles. The fourth-order valence-corrected chi connectivity index (χ4v) is 4.63. The minimum atomic E-state index is -3.83. The molecule has 0 aliphatic rings. The molecule has 0 unspecified atom stereocenters. The number of carbonyl (C=O) groups is 1. The van der Waals surface area contributed by atoms with Gasteiger partial charge in [0.25, 0.3) is 10.0 Å². The number of halogens is 1. The topological polar surface area (TPSA) is 117 Å². The van der Waals surface area contributed by atoms with Crippen LogP contribution in [-0.2, 0) is 27.8 Å². The fraction of sp³-hybridized carbons (Fsp3) is 0.261. The van der Waals surface area contributed by atoms with Crippen molar-refractivity contribution in [2.24, 2.45) is 0 Å². The highest BCUT2D eigenvalue weighted by Gasteiger charge is 2.16. The smallest absolute Gasteiger partial charge is 0.261 e. The van der Waals surface area contributed by atoms with Crippen molar-refractivity contribution in [2.45, 2.75) is 44.6 Å². The number of rotatable bonds is 9. The molecule has 0 radical (unpaired) electrons. The lowest BCUT2D eigenvalue weighted by atomic mass is 10.1. The predicted molar refractivity (Wildman–Crippen MR) is 128 cm³/mol. The Morgan fingerprint density at radius 3 is 2.58 bits per heavy atom. The highest BCUT2D eigenvalue weighted by Crippen LogP contribution is 2.21. The second-order valence-corrected chi connectivity index (χ2v) is 9.59. The zero-order valence-electron chi connectivity index (χ0n) is 18.3. The molecule has 33 heavy (non-hydrogen) atoms. The van der Waals surface area contributed by atoms with Gasteiger partial charge in [-0.15, -0.1) is 0 Å². The Labute approximate surface area is 198 Å². The largest absolute Gasteiger partial charge is 0.326 e. The number of carbonyl (C=O) groups excluding carboxylic acids is 1. The monoisotopic (exact) mass is 485 g/mol. The third kappa shape index (κ3) is 6.34. The second-order valence-electron chi connectivity index (χ2n) is 7.47. The van der Waals surface area contributed by atoms with E-state index in [-0.39, 0.29) is 17.2 Å². The Bertz CT molecular complexity index is 1290. The number of benzene rings is 2. The SMILES string of the molecule is Cc1nn(CCC#N)c(C)c1CCC(=O)Nc1cccc(S(=O)(=O)Nc2ccc(Cl)cc2)c1. The number of nitriles is 1. The molecule has 2 N–H and O–H groups in total. The van der Waals surface area contributed by atoms with Crippen molar-refractivity contribution in [1.82, 2.24) is 9.78 Å². The van der Waals surface area contributed by atoms with Gasteiger partial charge in [-0.25, -0.2) is 8.42 Å². The Morgan fingerprint density at radius 1 is 1.15 bits per heavy atom. The van der Waals surface area contributed by atoms with Crippen molar-refractivity contribution < 1.29 is 13.2 Å². The molecule has 1 heterocycles. The summed E-state index contributed by atoms with van der Waals surface area (Å²) in [4.78, 5) is 12.5. The van der Waals surface area contributed by atoms with Crippen molar-refractivity contribution in [1.29, 1.82) is 5.26 Å². The van der Waals surface area contributed by atoms with Crippen LogP contribution in [0.3, 0.4) is 0 Å². The Morgan fingerprint density at radius 2 is 1.88 bits per heavy atom. The number of nitrogens with zero attached hydrogens (tertiary/aromatic N) is 3. The molecule has 1 amide bonds. The quantitative estimate of drug-likeness (QED) is 0.464. The van der Waals surface area contributed by atoms with Crippen LogP contribution in [0.5, 0.6) is 0 Å². The lowest BCUT2D eigenvalue weighted by Crippen LogP contribution is -2.15. The summed E-state index contributed by atoms with van der Waals surface area (Å²) in [5.74, 6) is -0.237. The third-order valence-electron chi connectivity index (χ3n) is 5.09. The molecule has 3 aromatic rings. The summed E-state index contributed by atoms with van der Waals surface area (Å²) in [5.41, 5.74) is 3.52. The van der Waals surface area contributed by atoms with Crippen LogP contribution in [0, 0.1) is 25.2 Å². The first kappa shape index (κ1) is 24.3. The molecule has 10 heteroatoms. The first-order valence-corrected chi connectivity index (χ1v) is 12.1. The van der Waals surface area contributed by atoms with Gasteiger partial charge >= 0.3 is 0 Å². The number of nitrogens with one attached hydrogen (secondary N) is 2. The summed E-state index contributed by atoms with van der Waals surface area (Å²) in [6.45, 7) is 4.32. The number of hydrogen-bond donors (Lipinski definition) is 2. The van der Waals surface area contributed by atoms with E-state index >= 15 is 0 Å². The van der Waals surface area contributed by atoms with Gasteiger partial charge in [0.05, 0.1) is 29.6 Å². The number of amides is 1. The standard InChI is InChI=1S/C23H24ClN5O3S/c1-16-22(17(2)29(27-16)14-4-13-25)11-12-23(30)26-20-5-3-6-21(15-20)33(31,32)28-19-9-7-18(24)8-10-19/h3,5-10,15,28H,4,11-12,14H2,1-2H3,(H,26,30). The molecule has 2 aromatic carbocycles. The van der Waals surface area contributed by atoms with Crippen LogP contribution < -0.4 is 10.0 Å². The van der Waals surface area contributed by atoms with Crippen LogP contribution in [0.25, 0.3) is 0 Å². The molecule has 3 rings (SSSR count). The molecular formula is C23H24ClN5O3S. The van der Waals surface area contributed by atoms with Crippen molar-refractivity contribution in [3.05, 3.63) is 70.5 Å². The lowest BCUT2D eigenvalue weighted by Gasteiger charge is -2.10. The minimum absolute atomic E-state index is 0.0284. The highest BCUT2D eigenvalue weighted by atomic mass is 35.5. The van der Waals surface area contributed by atoms with Gasteiger partial charge in [0.2, 0.25) is 5.91 Å². The Hall–Kier alpha value is -3.35. The van der Waals surface area contributed by atoms with Gasteiger partial charge in [0, 0.05) is 28.5 Å². The Balaban J connectivity index is 1.64. The number of aryl methyl sites for hydroxylation is 2. The average Bonchev–Trinajstić information content (AvgIpc) is 3.05. The van der Waals surface area contributed by atoms with E-state index in [2.05, 4.69) is 21.2 Å². The van der Waals surface area contributed by atoms with Gasteiger partial charge < -0.3 is 5.32 Å². The van der Waals surface area contributed by atoms with Crippen LogP contribution in [-0.4, -0.2) is 24.1 Å². The van der Waals surface area contributed by atoms with Crippen LogP contribution in [0.2, 0.25) is 5.02 Å². The van der Waals surface area contributed by atoms with Crippen LogP contribution in [0.1, 0.15) is 29.8 Å². The van der Waals surface area contributed by atoms with Gasteiger partial charge in [0.1, 0.15) is 0 Å². The Kier molecular flexibility index (Phi) is 7.74. The van der Waals surface area contributed by atoms with Crippen molar-refractivity contribution >= 4 is 38.9 Å². The summed E-state index contributed by atoms with van der Waals surface area (Å²) >= 11 is 5.84. The van der Waals surface area contributed by atoms with Gasteiger partial charge in [-0.05, 0) is 68.3 Å². The van der Waals surface area contributed by atoms with E-state index in [4.69, 9.17) is 16.9 Å². The van der Waals surface area contributed by atoms with Crippen LogP contribution >= 0.6 is 11.6 Å². The normalized spacial score (nSPS) is 11.1. The predicted octanol–water partition coefficient (Wildman–Crippen LogP) is 4.44. The summed E-state index contributed by atoms with van der Waals surface area (Å²) < 4.78 is 29.7. The van der Waals surface area contributed by atoms with Crippen molar-refractivity contribution in [3.63, 3.8) is 0 Å². The fourth-order valence-electron chi connectivity index (χ4n) is 3.40. The summed E-state index contributed by atoms with van der Waals surface area (Å²) in [7, 11) is -3.83. The van der Waals surface area contributed by atoms with E-state index in [0.29, 0.717) is 35.8 Å². The molecule has 0 aliphatic carbocycles. The van der Waals surface area contributed by atoms with E-state index in [1.54, 1.807) is 41.1 Å². The molecule has 0 bridgehead atoms. The van der Waals surface area contributed by atoms with Crippen molar-refractivity contribution in [3.8, 4) is 6.07 Å². The van der Waals surface area contributed by atoms with Crippen LogP contribution in [0.15, 0.2) is 53.4 Å². The first-order valence-electron chi connectivity index (χ1n) is 10.3. The average molecular weight is 486 g/mol. The maximum absolute atomic E-state index is 12.7. The number of anilines is 2. The lowest BCUT2D eigenvalue weighted by molar-refractivity contribution is -0.116. The zero-order chi connectivity index (χ0) is 24.0. The van der Waals surface area contributed by atoms with Gasteiger partial charge in [-0.3, -0.25) is 14.2 Å². The van der Waals surface area contributed by atoms with E-state index in [9.17, 15) is 13.2 Å². The third-order valence-corrected chi connectivity index (χ3v) is 6.72. The molecule has 8 nitrogen and oxygen atoms in total. The minimum Gasteiger partial charge on any atom is -0.326 e. The van der Waals surface area contributed by atoms with Gasteiger partial charge in [-0.2, -0.15) is 10.4 Å². The van der Waals surface area contributed by atoms with Gasteiger partial charge in [0.15, 0.2) is 0 Å². The number of aromatic nitrogens is 2. The maximum atomic E-state index is 12.7. The maximum Gasteiger partial charge on any atom is 0.261 e. The molecule has 0 fully saturated rings. The first-order chi connectivity index (χ1) is 15.7. The number of hydrogen-bond acceptors (Lipinski definition) is 5.